The second-order valence-corrected chi connectivity index (χ2v) is 4.48. The Kier molecular flexibility index (Phi) is 5.71. The summed E-state index contributed by atoms with van der Waals surface area (Å²) in [4.78, 5) is 22.3. The number of carbonyl (C=O) groups is 2. The molecule has 2 amide bonds. The van der Waals surface area contributed by atoms with Crippen LogP contribution in [0.3, 0.4) is 0 Å². The molecule has 1 rings (SSSR count). The van der Waals surface area contributed by atoms with E-state index < -0.39 is 23.9 Å². The lowest BCUT2D eigenvalue weighted by atomic mass is 10.2. The van der Waals surface area contributed by atoms with Crippen LogP contribution in [0.4, 0.5) is 14.9 Å². The molecule has 0 fully saturated rings. The SMILES string of the molecule is O=C(Nc1ccc(F)cc1Br)NC(CCO)C(=O)O. The zero-order valence-electron chi connectivity index (χ0n) is 9.69. The van der Waals surface area contributed by atoms with Gasteiger partial charge in [-0.25, -0.2) is 14.0 Å². The first-order valence-electron chi connectivity index (χ1n) is 5.30. The lowest BCUT2D eigenvalue weighted by Crippen LogP contribution is -2.43. The van der Waals surface area contributed by atoms with Gasteiger partial charge < -0.3 is 20.8 Å². The van der Waals surface area contributed by atoms with Crippen LogP contribution in [0.5, 0.6) is 0 Å². The Morgan fingerprint density at radius 3 is 2.63 bits per heavy atom. The van der Waals surface area contributed by atoms with Gasteiger partial charge in [-0.15, -0.1) is 0 Å². The van der Waals surface area contributed by atoms with Crippen molar-refractivity contribution in [3.8, 4) is 0 Å². The molecule has 1 aromatic carbocycles. The lowest BCUT2D eigenvalue weighted by Gasteiger charge is -2.14. The van der Waals surface area contributed by atoms with Crippen LogP contribution in [0.15, 0.2) is 22.7 Å². The number of aliphatic carboxylic acids is 1. The molecule has 8 heteroatoms. The van der Waals surface area contributed by atoms with E-state index in [9.17, 15) is 14.0 Å². The molecule has 6 nitrogen and oxygen atoms in total. The molecule has 0 spiro atoms. The second-order valence-electron chi connectivity index (χ2n) is 3.63. The number of nitrogens with one attached hydrogen (secondary N) is 2. The molecule has 0 heterocycles. The summed E-state index contributed by atoms with van der Waals surface area (Å²) in [7, 11) is 0. The van der Waals surface area contributed by atoms with Crippen molar-refractivity contribution < 1.29 is 24.2 Å². The molecule has 1 atom stereocenters. The van der Waals surface area contributed by atoms with E-state index in [1.54, 1.807) is 0 Å². The number of carbonyl (C=O) groups excluding carboxylic acids is 1. The fraction of sp³-hybridized carbons (Fsp3) is 0.273. The molecule has 19 heavy (non-hydrogen) atoms. The van der Waals surface area contributed by atoms with Crippen molar-refractivity contribution in [2.45, 2.75) is 12.5 Å². The highest BCUT2D eigenvalue weighted by atomic mass is 79.9. The van der Waals surface area contributed by atoms with Gasteiger partial charge in [0.1, 0.15) is 11.9 Å². The molecule has 0 radical (unpaired) electrons. The summed E-state index contributed by atoms with van der Waals surface area (Å²) >= 11 is 3.06. The number of halogens is 2. The first-order valence-corrected chi connectivity index (χ1v) is 6.09. The van der Waals surface area contributed by atoms with Crippen LogP contribution in [0.25, 0.3) is 0 Å². The van der Waals surface area contributed by atoms with E-state index in [0.29, 0.717) is 10.2 Å². The Morgan fingerprint density at radius 1 is 1.42 bits per heavy atom. The number of aliphatic hydroxyl groups is 1. The van der Waals surface area contributed by atoms with Crippen LogP contribution in [0.2, 0.25) is 0 Å². The van der Waals surface area contributed by atoms with Gasteiger partial charge in [0.2, 0.25) is 0 Å². The van der Waals surface area contributed by atoms with Gasteiger partial charge in [-0.05, 0) is 34.1 Å². The van der Waals surface area contributed by atoms with Crippen molar-refractivity contribution in [3.05, 3.63) is 28.5 Å². The molecule has 0 aromatic heterocycles. The van der Waals surface area contributed by atoms with Crippen molar-refractivity contribution in [2.24, 2.45) is 0 Å². The van der Waals surface area contributed by atoms with E-state index in [0.717, 1.165) is 12.1 Å². The number of urea groups is 1. The van der Waals surface area contributed by atoms with E-state index in [2.05, 4.69) is 26.6 Å². The number of carboxylic acids is 1. The number of benzene rings is 1. The zero-order valence-corrected chi connectivity index (χ0v) is 11.3. The summed E-state index contributed by atoms with van der Waals surface area (Å²) in [5.74, 6) is -1.72. The van der Waals surface area contributed by atoms with Gasteiger partial charge in [0.25, 0.3) is 0 Å². The highest BCUT2D eigenvalue weighted by Crippen LogP contribution is 2.22. The minimum Gasteiger partial charge on any atom is -0.480 e. The maximum atomic E-state index is 12.8. The van der Waals surface area contributed by atoms with Crippen LogP contribution >= 0.6 is 15.9 Å². The molecule has 0 saturated heterocycles. The summed E-state index contributed by atoms with van der Waals surface area (Å²) in [5, 5.41) is 22.0. The average molecular weight is 335 g/mol. The Labute approximate surface area is 116 Å². The Morgan fingerprint density at radius 2 is 2.11 bits per heavy atom. The molecule has 0 aliphatic carbocycles. The van der Waals surface area contributed by atoms with Crippen molar-refractivity contribution in [1.29, 1.82) is 0 Å². The number of aliphatic hydroxyl groups excluding tert-OH is 1. The van der Waals surface area contributed by atoms with Crippen molar-refractivity contribution >= 4 is 33.6 Å². The number of rotatable bonds is 5. The summed E-state index contributed by atoms with van der Waals surface area (Å²) in [6.07, 6.45) is -0.104. The van der Waals surface area contributed by atoms with Gasteiger partial charge in [0.05, 0.1) is 5.69 Å². The van der Waals surface area contributed by atoms with Crippen LogP contribution < -0.4 is 10.6 Å². The summed E-state index contributed by atoms with van der Waals surface area (Å²) in [6, 6.07) is 1.71. The second kappa shape index (κ2) is 7.05. The topological polar surface area (TPSA) is 98.7 Å². The van der Waals surface area contributed by atoms with Crippen LogP contribution in [-0.4, -0.2) is 34.9 Å². The predicted octanol–water partition coefficient (Wildman–Crippen LogP) is 1.55. The third-order valence-corrected chi connectivity index (χ3v) is 2.86. The van der Waals surface area contributed by atoms with Crippen LogP contribution in [-0.2, 0) is 4.79 Å². The molecule has 1 unspecified atom stereocenters. The highest BCUT2D eigenvalue weighted by molar-refractivity contribution is 9.10. The van der Waals surface area contributed by atoms with Crippen molar-refractivity contribution in [1.82, 2.24) is 5.32 Å². The third kappa shape index (κ3) is 4.84. The number of anilines is 1. The molecule has 104 valence electrons. The van der Waals surface area contributed by atoms with E-state index >= 15 is 0 Å². The fourth-order valence-corrected chi connectivity index (χ4v) is 1.74. The van der Waals surface area contributed by atoms with Gasteiger partial charge in [-0.2, -0.15) is 0 Å². The fourth-order valence-electron chi connectivity index (χ4n) is 1.29. The van der Waals surface area contributed by atoms with E-state index in [1.807, 2.05) is 0 Å². The standard InChI is InChI=1S/C11H12BrFN2O4/c12-7-5-6(13)1-2-8(7)14-11(19)15-9(3-4-16)10(17)18/h1-2,5,9,16H,3-4H2,(H,17,18)(H2,14,15,19). The monoisotopic (exact) mass is 334 g/mol. The maximum Gasteiger partial charge on any atom is 0.326 e. The van der Waals surface area contributed by atoms with E-state index in [1.165, 1.54) is 6.07 Å². The predicted molar refractivity (Wildman–Crippen MR) is 69.4 cm³/mol. The molecule has 0 aliphatic heterocycles. The minimum absolute atomic E-state index is 0.104. The van der Waals surface area contributed by atoms with Gasteiger partial charge in [0, 0.05) is 17.5 Å². The molecule has 0 saturated carbocycles. The molecule has 0 bridgehead atoms. The Bertz CT molecular complexity index is 484. The van der Waals surface area contributed by atoms with Crippen molar-refractivity contribution in [2.75, 3.05) is 11.9 Å². The molecule has 1 aromatic rings. The zero-order chi connectivity index (χ0) is 14.4. The van der Waals surface area contributed by atoms with E-state index in [4.69, 9.17) is 10.2 Å². The first kappa shape index (κ1) is 15.4. The van der Waals surface area contributed by atoms with E-state index in [-0.39, 0.29) is 13.0 Å². The van der Waals surface area contributed by atoms with Gasteiger partial charge in [-0.1, -0.05) is 0 Å². The largest absolute Gasteiger partial charge is 0.480 e. The summed E-state index contributed by atoms with van der Waals surface area (Å²) in [6.45, 7) is -0.364. The number of hydrogen-bond acceptors (Lipinski definition) is 3. The first-order chi connectivity index (χ1) is 8.93. The molecule has 0 aliphatic rings. The van der Waals surface area contributed by atoms with Gasteiger partial charge >= 0.3 is 12.0 Å². The summed E-state index contributed by atoms with van der Waals surface area (Å²) < 4.78 is 13.2. The number of amides is 2. The van der Waals surface area contributed by atoms with Gasteiger partial charge in [-0.3, -0.25) is 0 Å². The maximum absolute atomic E-state index is 12.8. The van der Waals surface area contributed by atoms with Crippen LogP contribution in [0.1, 0.15) is 6.42 Å². The average Bonchev–Trinajstić information content (AvgIpc) is 2.32. The Balaban J connectivity index is 2.66. The normalized spacial score (nSPS) is 11.7. The molecular weight excluding hydrogens is 323 g/mol. The minimum atomic E-state index is -1.25. The molecular formula is C11H12BrFN2O4. The van der Waals surface area contributed by atoms with Crippen LogP contribution in [0, 0.1) is 5.82 Å². The smallest absolute Gasteiger partial charge is 0.326 e. The molecule has 4 N–H and O–H groups in total. The highest BCUT2D eigenvalue weighted by Gasteiger charge is 2.19. The van der Waals surface area contributed by atoms with Gasteiger partial charge in [0.15, 0.2) is 0 Å². The number of carboxylic acid groups (broad SMARTS) is 1. The third-order valence-electron chi connectivity index (χ3n) is 2.20. The summed E-state index contributed by atoms with van der Waals surface area (Å²) in [5.41, 5.74) is 0.298. The lowest BCUT2D eigenvalue weighted by molar-refractivity contribution is -0.139. The Hall–Kier alpha value is -1.67. The number of hydrogen-bond donors (Lipinski definition) is 4. The van der Waals surface area contributed by atoms with Crippen molar-refractivity contribution in [3.63, 3.8) is 0 Å². The quantitative estimate of drug-likeness (QED) is 0.656.